The molecule has 0 bridgehead atoms. The second-order valence-electron chi connectivity index (χ2n) is 6.22. The van der Waals surface area contributed by atoms with Crippen molar-refractivity contribution in [1.29, 1.82) is 0 Å². The number of nitrogens with two attached hydrogens (primary N) is 1. The number of hydrogen-bond donors (Lipinski definition) is 2. The SMILES string of the molecule is COCc1ccccc1NC(N)=NCC(c1cccs1)N1CCCC1. The molecule has 6 heteroatoms. The highest BCUT2D eigenvalue weighted by molar-refractivity contribution is 7.10. The second-order valence-corrected chi connectivity index (χ2v) is 7.19. The van der Waals surface area contributed by atoms with Crippen LogP contribution in [0.1, 0.15) is 29.3 Å². The molecule has 1 fully saturated rings. The van der Waals surface area contributed by atoms with Crippen molar-refractivity contribution in [2.24, 2.45) is 10.7 Å². The fraction of sp³-hybridized carbons (Fsp3) is 0.421. The van der Waals surface area contributed by atoms with E-state index < -0.39 is 0 Å². The molecule has 2 heterocycles. The minimum atomic E-state index is 0.317. The summed E-state index contributed by atoms with van der Waals surface area (Å²) < 4.78 is 5.24. The average molecular weight is 359 g/mol. The lowest BCUT2D eigenvalue weighted by atomic mass is 10.2. The van der Waals surface area contributed by atoms with E-state index in [9.17, 15) is 0 Å². The summed E-state index contributed by atoms with van der Waals surface area (Å²) in [6, 6.07) is 12.6. The predicted molar refractivity (Wildman–Crippen MR) is 105 cm³/mol. The van der Waals surface area contributed by atoms with E-state index in [-0.39, 0.29) is 0 Å². The molecule has 1 aromatic carbocycles. The maximum absolute atomic E-state index is 6.15. The molecule has 0 radical (unpaired) electrons. The van der Waals surface area contributed by atoms with E-state index in [1.54, 1.807) is 18.4 Å². The lowest BCUT2D eigenvalue weighted by Crippen LogP contribution is -2.29. The molecule has 5 nitrogen and oxygen atoms in total. The first-order valence-electron chi connectivity index (χ1n) is 8.69. The standard InChI is InChI=1S/C19H26N4OS/c1-24-14-15-7-2-3-8-16(15)22-19(20)21-13-17(18-9-6-12-25-18)23-10-4-5-11-23/h2-3,6-9,12,17H,4-5,10-11,13-14H2,1H3,(H3,20,21,22). The minimum Gasteiger partial charge on any atom is -0.380 e. The first-order chi connectivity index (χ1) is 12.3. The molecule has 3 N–H and O–H groups in total. The number of benzene rings is 1. The molecule has 2 aromatic rings. The number of thiophene rings is 1. The topological polar surface area (TPSA) is 62.9 Å². The van der Waals surface area contributed by atoms with E-state index in [2.05, 4.69) is 32.7 Å². The summed E-state index contributed by atoms with van der Waals surface area (Å²) in [5.41, 5.74) is 8.17. The first kappa shape index (κ1) is 17.9. The predicted octanol–water partition coefficient (Wildman–Crippen LogP) is 3.46. The zero-order chi connectivity index (χ0) is 17.5. The van der Waals surface area contributed by atoms with Crippen LogP contribution in [0, 0.1) is 0 Å². The Balaban J connectivity index is 1.68. The number of guanidine groups is 1. The van der Waals surface area contributed by atoms with Crippen LogP contribution in [-0.2, 0) is 11.3 Å². The monoisotopic (exact) mass is 358 g/mol. The Morgan fingerprint density at radius 2 is 2.08 bits per heavy atom. The van der Waals surface area contributed by atoms with Crippen LogP contribution in [0.25, 0.3) is 0 Å². The van der Waals surface area contributed by atoms with Gasteiger partial charge in [-0.15, -0.1) is 11.3 Å². The van der Waals surface area contributed by atoms with Crippen LogP contribution in [0.2, 0.25) is 0 Å². The van der Waals surface area contributed by atoms with Crippen molar-refractivity contribution in [1.82, 2.24) is 4.90 Å². The molecule has 1 unspecified atom stereocenters. The van der Waals surface area contributed by atoms with Gasteiger partial charge in [0, 0.05) is 23.2 Å². The highest BCUT2D eigenvalue weighted by Crippen LogP contribution is 2.28. The lowest BCUT2D eigenvalue weighted by molar-refractivity contribution is 0.185. The smallest absolute Gasteiger partial charge is 0.193 e. The molecule has 1 aliphatic heterocycles. The van der Waals surface area contributed by atoms with E-state index in [1.165, 1.54) is 17.7 Å². The Morgan fingerprint density at radius 1 is 1.28 bits per heavy atom. The van der Waals surface area contributed by atoms with Crippen LogP contribution in [0.5, 0.6) is 0 Å². The maximum Gasteiger partial charge on any atom is 0.193 e. The van der Waals surface area contributed by atoms with Crippen LogP contribution in [-0.4, -0.2) is 37.6 Å². The van der Waals surface area contributed by atoms with E-state index in [1.807, 2.05) is 24.3 Å². The number of hydrogen-bond acceptors (Lipinski definition) is 4. The first-order valence-corrected chi connectivity index (χ1v) is 9.57. The number of methoxy groups -OCH3 is 1. The van der Waals surface area contributed by atoms with Crippen molar-refractivity contribution < 1.29 is 4.74 Å². The van der Waals surface area contributed by atoms with Crippen molar-refractivity contribution in [2.45, 2.75) is 25.5 Å². The third-order valence-electron chi connectivity index (χ3n) is 4.47. The van der Waals surface area contributed by atoms with Crippen molar-refractivity contribution in [3.63, 3.8) is 0 Å². The zero-order valence-electron chi connectivity index (χ0n) is 14.6. The number of nitrogens with one attached hydrogen (secondary N) is 1. The molecular weight excluding hydrogens is 332 g/mol. The Morgan fingerprint density at radius 3 is 2.80 bits per heavy atom. The van der Waals surface area contributed by atoms with Crippen LogP contribution in [0.15, 0.2) is 46.8 Å². The molecular formula is C19H26N4OS. The Labute approximate surface area is 153 Å². The largest absolute Gasteiger partial charge is 0.380 e. The molecule has 1 aliphatic rings. The van der Waals surface area contributed by atoms with Gasteiger partial charge in [0.1, 0.15) is 0 Å². The van der Waals surface area contributed by atoms with Gasteiger partial charge in [-0.2, -0.15) is 0 Å². The summed E-state index contributed by atoms with van der Waals surface area (Å²) in [6.45, 7) is 3.50. The number of para-hydroxylation sites is 1. The number of rotatable bonds is 7. The van der Waals surface area contributed by atoms with Crippen LogP contribution >= 0.6 is 11.3 Å². The summed E-state index contributed by atoms with van der Waals surface area (Å²) in [6.07, 6.45) is 2.54. The third-order valence-corrected chi connectivity index (χ3v) is 5.44. The lowest BCUT2D eigenvalue weighted by Gasteiger charge is -2.25. The molecule has 134 valence electrons. The number of likely N-dealkylation sites (tertiary alicyclic amines) is 1. The Kier molecular flexibility index (Phi) is 6.44. The third kappa shape index (κ3) is 4.81. The van der Waals surface area contributed by atoms with Gasteiger partial charge in [0.25, 0.3) is 0 Å². The summed E-state index contributed by atoms with van der Waals surface area (Å²) in [5, 5.41) is 5.35. The number of ether oxygens (including phenoxy) is 1. The van der Waals surface area contributed by atoms with Gasteiger partial charge in [-0.05, 0) is 43.4 Å². The molecule has 1 atom stereocenters. The van der Waals surface area contributed by atoms with Gasteiger partial charge < -0.3 is 15.8 Å². The molecule has 0 saturated carbocycles. The highest BCUT2D eigenvalue weighted by Gasteiger charge is 2.24. The van der Waals surface area contributed by atoms with Gasteiger partial charge in [-0.3, -0.25) is 9.89 Å². The summed E-state index contributed by atoms with van der Waals surface area (Å²) in [4.78, 5) is 8.50. The molecule has 0 spiro atoms. The second kappa shape index (κ2) is 8.99. The molecule has 1 aromatic heterocycles. The summed E-state index contributed by atoms with van der Waals surface area (Å²) in [5.74, 6) is 0.448. The summed E-state index contributed by atoms with van der Waals surface area (Å²) >= 11 is 1.79. The quantitative estimate of drug-likeness (QED) is 0.588. The van der Waals surface area contributed by atoms with Crippen molar-refractivity contribution in [3.05, 3.63) is 52.2 Å². The van der Waals surface area contributed by atoms with E-state index in [0.29, 0.717) is 25.2 Å². The van der Waals surface area contributed by atoms with Gasteiger partial charge >= 0.3 is 0 Å². The minimum absolute atomic E-state index is 0.317. The Hall–Kier alpha value is -1.89. The van der Waals surface area contributed by atoms with Gasteiger partial charge in [0.05, 0.1) is 19.2 Å². The molecule has 3 rings (SSSR count). The number of aliphatic imine (C=N–C) groups is 1. The van der Waals surface area contributed by atoms with Crippen LogP contribution in [0.3, 0.4) is 0 Å². The number of nitrogens with zero attached hydrogens (tertiary/aromatic N) is 2. The average Bonchev–Trinajstić information content (AvgIpc) is 3.31. The summed E-state index contributed by atoms with van der Waals surface area (Å²) in [7, 11) is 1.69. The highest BCUT2D eigenvalue weighted by atomic mass is 32.1. The van der Waals surface area contributed by atoms with Gasteiger partial charge in [0.15, 0.2) is 5.96 Å². The van der Waals surface area contributed by atoms with Gasteiger partial charge in [0.2, 0.25) is 0 Å². The normalized spacial score (nSPS) is 16.9. The maximum atomic E-state index is 6.15. The Bertz CT molecular complexity index is 680. The van der Waals surface area contributed by atoms with Crippen LogP contribution in [0.4, 0.5) is 5.69 Å². The zero-order valence-corrected chi connectivity index (χ0v) is 15.5. The van der Waals surface area contributed by atoms with Crippen molar-refractivity contribution >= 4 is 23.0 Å². The molecule has 1 saturated heterocycles. The number of anilines is 1. The van der Waals surface area contributed by atoms with Gasteiger partial charge in [-0.25, -0.2) is 0 Å². The van der Waals surface area contributed by atoms with Crippen molar-refractivity contribution in [3.8, 4) is 0 Å². The fourth-order valence-electron chi connectivity index (χ4n) is 3.21. The van der Waals surface area contributed by atoms with Crippen LogP contribution < -0.4 is 11.1 Å². The van der Waals surface area contributed by atoms with E-state index in [4.69, 9.17) is 10.5 Å². The fourth-order valence-corrected chi connectivity index (χ4v) is 4.06. The van der Waals surface area contributed by atoms with E-state index >= 15 is 0 Å². The van der Waals surface area contributed by atoms with E-state index in [0.717, 1.165) is 24.3 Å². The molecule has 0 aliphatic carbocycles. The van der Waals surface area contributed by atoms with Gasteiger partial charge in [-0.1, -0.05) is 24.3 Å². The molecule has 0 amide bonds. The molecule has 25 heavy (non-hydrogen) atoms. The van der Waals surface area contributed by atoms with Crippen molar-refractivity contribution in [2.75, 3.05) is 32.1 Å².